The topological polar surface area (TPSA) is 40.5 Å². The monoisotopic (exact) mass is 279 g/mol. The molecule has 1 atom stereocenters. The van der Waals surface area contributed by atoms with Crippen LogP contribution in [0.3, 0.4) is 0 Å². The van der Waals surface area contributed by atoms with E-state index in [1.807, 2.05) is 0 Å². The minimum Gasteiger partial charge on any atom is -0.380 e. The Hall–Kier alpha value is -0.990. The molecule has 3 nitrogen and oxygen atoms in total. The van der Waals surface area contributed by atoms with Gasteiger partial charge in [-0.25, -0.2) is 0 Å². The molecule has 1 aliphatic rings. The number of nitrogens with zero attached hydrogens (tertiary/aromatic N) is 1. The summed E-state index contributed by atoms with van der Waals surface area (Å²) in [4.78, 5) is 11.2. The Labute approximate surface area is 98.4 Å². The van der Waals surface area contributed by atoms with Gasteiger partial charge in [-0.3, -0.25) is 4.79 Å². The highest BCUT2D eigenvalue weighted by Crippen LogP contribution is 2.38. The minimum absolute atomic E-state index is 0.295. The number of amides is 1. The number of alkyl halides is 6. The van der Waals surface area contributed by atoms with E-state index in [1.54, 1.807) is 0 Å². The lowest BCUT2D eigenvalue weighted by molar-refractivity contribution is -0.263. The first-order chi connectivity index (χ1) is 7.97. The van der Waals surface area contributed by atoms with Crippen LogP contribution in [-0.4, -0.2) is 47.0 Å². The molecular weight excluding hydrogens is 268 g/mol. The summed E-state index contributed by atoms with van der Waals surface area (Å²) >= 11 is 0. The molecule has 0 aromatic rings. The molecule has 1 amide bonds. The molecule has 0 aromatic carbocycles. The third kappa shape index (κ3) is 3.06. The van der Waals surface area contributed by atoms with Crippen molar-refractivity contribution < 1.29 is 36.2 Å². The van der Waals surface area contributed by atoms with E-state index in [0.717, 1.165) is 0 Å². The van der Waals surface area contributed by atoms with Crippen LogP contribution in [0.25, 0.3) is 0 Å². The minimum atomic E-state index is -5.11. The fourth-order valence-corrected chi connectivity index (χ4v) is 1.78. The van der Waals surface area contributed by atoms with E-state index >= 15 is 0 Å². The Morgan fingerprint density at radius 2 is 1.61 bits per heavy atom. The predicted molar refractivity (Wildman–Crippen MR) is 47.5 cm³/mol. The summed E-state index contributed by atoms with van der Waals surface area (Å²) in [5.41, 5.74) is -3.02. The van der Waals surface area contributed by atoms with Crippen LogP contribution in [0.4, 0.5) is 26.3 Å². The van der Waals surface area contributed by atoms with Crippen molar-refractivity contribution in [1.82, 2.24) is 4.90 Å². The SMILES string of the molecule is O=C(N1CCCC(O)(C(F)(F)F)CC1)C(F)(F)F. The first-order valence-electron chi connectivity index (χ1n) is 5.12. The van der Waals surface area contributed by atoms with Crippen molar-refractivity contribution in [2.24, 2.45) is 0 Å². The maximum Gasteiger partial charge on any atom is 0.471 e. The Bertz CT molecular complexity index is 326. The van der Waals surface area contributed by atoms with E-state index in [4.69, 9.17) is 0 Å². The molecule has 18 heavy (non-hydrogen) atoms. The van der Waals surface area contributed by atoms with Crippen LogP contribution >= 0.6 is 0 Å². The first-order valence-corrected chi connectivity index (χ1v) is 5.12. The summed E-state index contributed by atoms with van der Waals surface area (Å²) in [6.07, 6.45) is -12.0. The molecule has 0 spiro atoms. The second kappa shape index (κ2) is 4.60. The maximum absolute atomic E-state index is 12.5. The Balaban J connectivity index is 2.77. The second-order valence-electron chi connectivity index (χ2n) is 4.17. The molecule has 1 fully saturated rings. The molecule has 1 heterocycles. The fraction of sp³-hybridized carbons (Fsp3) is 0.889. The van der Waals surface area contributed by atoms with Crippen molar-refractivity contribution in [1.29, 1.82) is 0 Å². The average Bonchev–Trinajstić information content (AvgIpc) is 2.37. The maximum atomic E-state index is 12.5. The van der Waals surface area contributed by atoms with Gasteiger partial charge in [0.05, 0.1) is 0 Å². The van der Waals surface area contributed by atoms with Gasteiger partial charge in [-0.2, -0.15) is 26.3 Å². The highest BCUT2D eigenvalue weighted by molar-refractivity contribution is 5.81. The lowest BCUT2D eigenvalue weighted by atomic mass is 9.94. The number of likely N-dealkylation sites (tertiary alicyclic amines) is 1. The number of aliphatic hydroxyl groups is 1. The standard InChI is InChI=1S/C9H11F6NO2/c10-8(11,12)6(17)16-4-1-2-7(18,3-5-16)9(13,14)15/h18H,1-5H2. The zero-order valence-corrected chi connectivity index (χ0v) is 9.11. The summed E-state index contributed by atoms with van der Waals surface area (Å²) in [5.74, 6) is -2.17. The van der Waals surface area contributed by atoms with E-state index in [9.17, 15) is 36.2 Å². The Kier molecular flexibility index (Phi) is 3.85. The number of carbonyl (C=O) groups excluding carboxylic acids is 1. The number of hydrogen-bond donors (Lipinski definition) is 1. The van der Waals surface area contributed by atoms with E-state index < -0.39 is 49.8 Å². The van der Waals surface area contributed by atoms with Crippen molar-refractivity contribution in [2.45, 2.75) is 37.2 Å². The molecule has 0 radical (unpaired) electrons. The van der Waals surface area contributed by atoms with Crippen molar-refractivity contribution in [3.05, 3.63) is 0 Å². The average molecular weight is 279 g/mol. The second-order valence-corrected chi connectivity index (χ2v) is 4.17. The largest absolute Gasteiger partial charge is 0.471 e. The molecule has 0 saturated carbocycles. The van der Waals surface area contributed by atoms with Gasteiger partial charge in [0.1, 0.15) is 0 Å². The van der Waals surface area contributed by atoms with Gasteiger partial charge < -0.3 is 10.0 Å². The number of halogens is 6. The molecule has 0 aliphatic carbocycles. The summed E-state index contributed by atoms with van der Waals surface area (Å²) < 4.78 is 73.8. The van der Waals surface area contributed by atoms with Crippen molar-refractivity contribution in [3.63, 3.8) is 0 Å². The molecule has 106 valence electrons. The van der Waals surface area contributed by atoms with Gasteiger partial charge in [0.25, 0.3) is 0 Å². The van der Waals surface area contributed by atoms with Crippen LogP contribution in [-0.2, 0) is 4.79 Å². The lowest BCUT2D eigenvalue weighted by Crippen LogP contribution is -2.47. The molecule has 0 bridgehead atoms. The number of rotatable bonds is 0. The van der Waals surface area contributed by atoms with Gasteiger partial charge in [0, 0.05) is 19.5 Å². The molecule has 9 heteroatoms. The summed E-state index contributed by atoms with van der Waals surface area (Å²) in [6.45, 7) is -1.22. The zero-order chi connectivity index (χ0) is 14.2. The lowest BCUT2D eigenvalue weighted by Gasteiger charge is -2.29. The van der Waals surface area contributed by atoms with E-state index in [1.165, 1.54) is 0 Å². The predicted octanol–water partition coefficient (Wildman–Crippen LogP) is 1.85. The highest BCUT2D eigenvalue weighted by atomic mass is 19.4. The summed E-state index contributed by atoms with van der Waals surface area (Å²) in [7, 11) is 0. The van der Waals surface area contributed by atoms with Gasteiger partial charge in [0.2, 0.25) is 0 Å². The fourth-order valence-electron chi connectivity index (χ4n) is 1.78. The van der Waals surface area contributed by atoms with E-state index in [-0.39, 0.29) is 6.42 Å². The third-order valence-corrected chi connectivity index (χ3v) is 2.87. The zero-order valence-electron chi connectivity index (χ0n) is 9.11. The van der Waals surface area contributed by atoms with Crippen LogP contribution < -0.4 is 0 Å². The molecule has 1 N–H and O–H groups in total. The van der Waals surface area contributed by atoms with Crippen LogP contribution in [0.1, 0.15) is 19.3 Å². The normalized spacial score (nSPS) is 26.9. The van der Waals surface area contributed by atoms with Crippen molar-refractivity contribution in [2.75, 3.05) is 13.1 Å². The first kappa shape index (κ1) is 15.1. The van der Waals surface area contributed by atoms with Crippen LogP contribution in [0.5, 0.6) is 0 Å². The molecule has 1 unspecified atom stereocenters. The Morgan fingerprint density at radius 1 is 1.06 bits per heavy atom. The van der Waals surface area contributed by atoms with Gasteiger partial charge >= 0.3 is 18.3 Å². The summed E-state index contributed by atoms with van der Waals surface area (Å²) in [6, 6.07) is 0. The molecular formula is C9H11F6NO2. The Morgan fingerprint density at radius 3 is 2.06 bits per heavy atom. The summed E-state index contributed by atoms with van der Waals surface area (Å²) in [5, 5.41) is 9.35. The molecule has 1 rings (SSSR count). The molecule has 1 aliphatic heterocycles. The van der Waals surface area contributed by atoms with Gasteiger partial charge in [-0.15, -0.1) is 0 Å². The van der Waals surface area contributed by atoms with Crippen LogP contribution in [0, 0.1) is 0 Å². The highest BCUT2D eigenvalue weighted by Gasteiger charge is 2.54. The van der Waals surface area contributed by atoms with Gasteiger partial charge in [-0.05, 0) is 12.8 Å². The third-order valence-electron chi connectivity index (χ3n) is 2.87. The molecule has 1 saturated heterocycles. The smallest absolute Gasteiger partial charge is 0.380 e. The van der Waals surface area contributed by atoms with Gasteiger partial charge in [-0.1, -0.05) is 0 Å². The number of hydrogen-bond acceptors (Lipinski definition) is 2. The number of carbonyl (C=O) groups is 1. The quantitative estimate of drug-likeness (QED) is 0.687. The molecule has 0 aromatic heterocycles. The van der Waals surface area contributed by atoms with Crippen LogP contribution in [0.2, 0.25) is 0 Å². The van der Waals surface area contributed by atoms with Gasteiger partial charge in [0.15, 0.2) is 5.60 Å². The van der Waals surface area contributed by atoms with Crippen molar-refractivity contribution >= 4 is 5.91 Å². The van der Waals surface area contributed by atoms with Crippen LogP contribution in [0.15, 0.2) is 0 Å². The van der Waals surface area contributed by atoms with E-state index in [0.29, 0.717) is 4.90 Å². The van der Waals surface area contributed by atoms with Crippen molar-refractivity contribution in [3.8, 4) is 0 Å². The van der Waals surface area contributed by atoms with E-state index in [2.05, 4.69) is 0 Å².